The zero-order chi connectivity index (χ0) is 26.3. The standard InChI is InChI=1S/C35H44/c1-16-18(3)28(13)34-30(22(7)20(5)26(11)32(34)24(16)9)15-31-23(8)21(6)27(12)33-25(10)17(2)19(4)29(14)35(31)33/h15H2,1-14H3. The van der Waals surface area contributed by atoms with Crippen molar-refractivity contribution in [3.63, 3.8) is 0 Å². The van der Waals surface area contributed by atoms with Crippen molar-refractivity contribution in [2.24, 2.45) is 0 Å². The average Bonchev–Trinajstić information content (AvgIpc) is 2.83. The van der Waals surface area contributed by atoms with Crippen LogP contribution in [0.2, 0.25) is 0 Å². The summed E-state index contributed by atoms with van der Waals surface area (Å²) in [5, 5.41) is 5.95. The lowest BCUT2D eigenvalue weighted by atomic mass is 9.78. The largest absolute Gasteiger partial charge is 0.0444 e. The van der Waals surface area contributed by atoms with Gasteiger partial charge in [-0.05, 0) is 214 Å². The summed E-state index contributed by atoms with van der Waals surface area (Å²) in [6.45, 7) is 32.6. The van der Waals surface area contributed by atoms with Crippen LogP contribution in [0.1, 0.15) is 89.0 Å². The first-order valence-corrected chi connectivity index (χ1v) is 13.2. The highest BCUT2D eigenvalue weighted by atomic mass is 14.3. The molecule has 0 heterocycles. The van der Waals surface area contributed by atoms with Crippen molar-refractivity contribution in [2.45, 2.75) is 103 Å². The van der Waals surface area contributed by atoms with E-state index in [4.69, 9.17) is 0 Å². The van der Waals surface area contributed by atoms with Crippen LogP contribution >= 0.6 is 0 Å². The molecule has 0 nitrogen and oxygen atoms in total. The monoisotopic (exact) mass is 464 g/mol. The Morgan fingerprint density at radius 2 is 0.429 bits per heavy atom. The Bertz CT molecular complexity index is 1440. The van der Waals surface area contributed by atoms with Gasteiger partial charge in [0.05, 0.1) is 0 Å². The van der Waals surface area contributed by atoms with Gasteiger partial charge < -0.3 is 0 Å². The molecule has 0 aliphatic carbocycles. The fraction of sp³-hybridized carbons (Fsp3) is 0.429. The molecule has 0 amide bonds. The van der Waals surface area contributed by atoms with E-state index in [1.165, 1.54) is 111 Å². The molecule has 0 bridgehead atoms. The predicted molar refractivity (Wildman–Crippen MR) is 157 cm³/mol. The molecule has 0 fully saturated rings. The summed E-state index contributed by atoms with van der Waals surface area (Å²) in [5.74, 6) is 0. The number of hydrogen-bond acceptors (Lipinski definition) is 0. The maximum Gasteiger partial charge on any atom is -0.000778 e. The third kappa shape index (κ3) is 3.40. The molecule has 4 rings (SSSR count). The van der Waals surface area contributed by atoms with Crippen LogP contribution in [0, 0.1) is 96.9 Å². The van der Waals surface area contributed by atoms with Gasteiger partial charge in [-0.15, -0.1) is 0 Å². The van der Waals surface area contributed by atoms with Crippen molar-refractivity contribution in [1.29, 1.82) is 0 Å². The summed E-state index contributed by atoms with van der Waals surface area (Å²) in [7, 11) is 0. The first kappa shape index (κ1) is 25.5. The third-order valence-corrected chi connectivity index (χ3v) is 10.2. The van der Waals surface area contributed by atoms with E-state index in [1.807, 2.05) is 0 Å². The molecule has 0 saturated carbocycles. The molecule has 0 aliphatic heterocycles. The smallest absolute Gasteiger partial charge is 0.000778 e. The van der Waals surface area contributed by atoms with Gasteiger partial charge >= 0.3 is 0 Å². The van der Waals surface area contributed by atoms with Crippen molar-refractivity contribution in [3.8, 4) is 0 Å². The Labute approximate surface area is 213 Å². The number of aryl methyl sites for hydroxylation is 6. The van der Waals surface area contributed by atoms with E-state index in [1.54, 1.807) is 0 Å². The molecule has 184 valence electrons. The first-order valence-electron chi connectivity index (χ1n) is 13.2. The fourth-order valence-electron chi connectivity index (χ4n) is 6.70. The second-order valence-electron chi connectivity index (χ2n) is 11.4. The number of fused-ring (bicyclic) bond motifs is 2. The molecule has 0 radical (unpaired) electrons. The predicted octanol–water partition coefficient (Wildman–Crippen LogP) is 9.90. The molecule has 0 heteroatoms. The van der Waals surface area contributed by atoms with Gasteiger partial charge in [-0.25, -0.2) is 0 Å². The Morgan fingerprint density at radius 1 is 0.229 bits per heavy atom. The van der Waals surface area contributed by atoms with Gasteiger partial charge in [-0.1, -0.05) is 0 Å². The van der Waals surface area contributed by atoms with Crippen molar-refractivity contribution in [2.75, 3.05) is 0 Å². The molecule has 4 aromatic rings. The molecule has 0 saturated heterocycles. The van der Waals surface area contributed by atoms with Gasteiger partial charge in [-0.3, -0.25) is 0 Å². The quantitative estimate of drug-likeness (QED) is 0.277. The van der Waals surface area contributed by atoms with Crippen molar-refractivity contribution in [1.82, 2.24) is 0 Å². The average molecular weight is 465 g/mol. The van der Waals surface area contributed by atoms with Gasteiger partial charge in [0.25, 0.3) is 0 Å². The molecular formula is C35H44. The molecule has 0 unspecified atom stereocenters. The van der Waals surface area contributed by atoms with E-state index in [2.05, 4.69) is 96.9 Å². The Hall–Kier alpha value is -2.60. The van der Waals surface area contributed by atoms with Gasteiger partial charge in [-0.2, -0.15) is 0 Å². The van der Waals surface area contributed by atoms with E-state index >= 15 is 0 Å². The molecular weight excluding hydrogens is 420 g/mol. The number of rotatable bonds is 2. The summed E-state index contributed by atoms with van der Waals surface area (Å²) in [4.78, 5) is 0. The topological polar surface area (TPSA) is 0 Å². The van der Waals surface area contributed by atoms with Crippen LogP contribution in [0.5, 0.6) is 0 Å². The first-order chi connectivity index (χ1) is 16.2. The Balaban J connectivity index is 2.23. The van der Waals surface area contributed by atoms with Crippen LogP contribution in [0.3, 0.4) is 0 Å². The lowest BCUT2D eigenvalue weighted by Crippen LogP contribution is -2.08. The van der Waals surface area contributed by atoms with Crippen LogP contribution in [0.15, 0.2) is 0 Å². The van der Waals surface area contributed by atoms with Crippen molar-refractivity contribution in [3.05, 3.63) is 89.0 Å². The van der Waals surface area contributed by atoms with Crippen LogP contribution in [-0.2, 0) is 6.42 Å². The molecule has 35 heavy (non-hydrogen) atoms. The molecule has 0 N–H and O–H groups in total. The Kier molecular flexibility index (Phi) is 6.20. The van der Waals surface area contributed by atoms with Crippen molar-refractivity contribution >= 4 is 21.5 Å². The molecule has 0 aromatic heterocycles. The van der Waals surface area contributed by atoms with Gasteiger partial charge in [0.1, 0.15) is 0 Å². The Morgan fingerprint density at radius 3 is 0.686 bits per heavy atom. The minimum atomic E-state index is 0.985. The molecule has 4 aromatic carbocycles. The van der Waals surface area contributed by atoms with Crippen LogP contribution in [0.25, 0.3) is 21.5 Å². The summed E-state index contributed by atoms with van der Waals surface area (Å²) in [6.07, 6.45) is 0.985. The van der Waals surface area contributed by atoms with Crippen LogP contribution in [-0.4, -0.2) is 0 Å². The second-order valence-corrected chi connectivity index (χ2v) is 11.4. The van der Waals surface area contributed by atoms with E-state index in [9.17, 15) is 0 Å². The second kappa shape index (κ2) is 8.51. The van der Waals surface area contributed by atoms with Crippen LogP contribution in [0.4, 0.5) is 0 Å². The normalized spacial score (nSPS) is 11.8. The van der Waals surface area contributed by atoms with Gasteiger partial charge in [0.15, 0.2) is 0 Å². The number of hydrogen-bond donors (Lipinski definition) is 0. The maximum atomic E-state index is 2.35. The zero-order valence-electron chi connectivity index (χ0n) is 24.7. The zero-order valence-corrected chi connectivity index (χ0v) is 24.7. The summed E-state index contributed by atoms with van der Waals surface area (Å²) in [5.41, 5.74) is 23.3. The summed E-state index contributed by atoms with van der Waals surface area (Å²) >= 11 is 0. The lowest BCUT2D eigenvalue weighted by Gasteiger charge is -2.26. The van der Waals surface area contributed by atoms with Gasteiger partial charge in [0.2, 0.25) is 0 Å². The summed E-state index contributed by atoms with van der Waals surface area (Å²) in [6, 6.07) is 0. The minimum Gasteiger partial charge on any atom is -0.0444 e. The van der Waals surface area contributed by atoms with Crippen LogP contribution < -0.4 is 0 Å². The highest BCUT2D eigenvalue weighted by Crippen LogP contribution is 2.42. The van der Waals surface area contributed by atoms with E-state index < -0.39 is 0 Å². The van der Waals surface area contributed by atoms with E-state index in [-0.39, 0.29) is 0 Å². The van der Waals surface area contributed by atoms with E-state index in [0.29, 0.717) is 0 Å². The summed E-state index contributed by atoms with van der Waals surface area (Å²) < 4.78 is 0. The molecule has 0 aliphatic rings. The van der Waals surface area contributed by atoms with Crippen molar-refractivity contribution < 1.29 is 0 Å². The highest BCUT2D eigenvalue weighted by Gasteiger charge is 2.23. The van der Waals surface area contributed by atoms with Gasteiger partial charge in [0, 0.05) is 0 Å². The third-order valence-electron chi connectivity index (χ3n) is 10.2. The molecule has 0 spiro atoms. The molecule has 0 atom stereocenters. The number of benzene rings is 4. The lowest BCUT2D eigenvalue weighted by molar-refractivity contribution is 1.10. The fourth-order valence-corrected chi connectivity index (χ4v) is 6.70. The SMILES string of the molecule is Cc1c(C)c(C)c2c(Cc3c(C)c(C)c(C)c4c(C)c(C)c(C)c(C)c34)c(C)c(C)c(C)c2c1C. The van der Waals surface area contributed by atoms with E-state index in [0.717, 1.165) is 6.42 Å². The maximum absolute atomic E-state index is 2.35. The minimum absolute atomic E-state index is 0.985. The highest BCUT2D eigenvalue weighted by molar-refractivity contribution is 6.00.